The Morgan fingerprint density at radius 1 is 1.16 bits per heavy atom. The third-order valence-electron chi connectivity index (χ3n) is 7.71. The Balaban J connectivity index is 0.00000253. The number of piperazine rings is 1. The molecule has 3 heterocycles. The fourth-order valence-corrected chi connectivity index (χ4v) is 5.68. The number of piperidine rings is 1. The van der Waals surface area contributed by atoms with Crippen LogP contribution < -0.4 is 5.32 Å². The highest BCUT2D eigenvalue weighted by Gasteiger charge is 2.54. The zero-order valence-electron chi connectivity index (χ0n) is 22.5. The molecule has 2 fully saturated rings. The van der Waals surface area contributed by atoms with Crippen molar-refractivity contribution >= 4 is 48.2 Å². The molecule has 2 N–H and O–H groups in total. The average molecular weight is 589 g/mol. The molecule has 38 heavy (non-hydrogen) atoms. The summed E-state index contributed by atoms with van der Waals surface area (Å²) in [4.78, 5) is 31.0. The van der Waals surface area contributed by atoms with E-state index >= 15 is 0 Å². The van der Waals surface area contributed by atoms with Gasteiger partial charge in [-0.25, -0.2) is 4.68 Å². The van der Waals surface area contributed by atoms with Gasteiger partial charge in [-0.2, -0.15) is 5.10 Å². The summed E-state index contributed by atoms with van der Waals surface area (Å²) >= 11 is 6.75. The Bertz CT molecular complexity index is 1090. The summed E-state index contributed by atoms with van der Waals surface area (Å²) in [5.41, 5.74) is 1.90. The number of unbranched alkanes of at least 4 members (excludes halogenated alkanes) is 1. The Kier molecular flexibility index (Phi) is 11.5. The van der Waals surface area contributed by atoms with Crippen LogP contribution in [-0.2, 0) is 16.1 Å². The molecule has 0 radical (unpaired) electrons. The molecule has 212 valence electrons. The molecule has 0 bridgehead atoms. The number of benzene rings is 1. The number of para-hydroxylation sites is 1. The number of aromatic nitrogens is 2. The maximum atomic E-state index is 13.5. The first-order valence-corrected chi connectivity index (χ1v) is 13.4. The van der Waals surface area contributed by atoms with Crippen LogP contribution in [0.3, 0.4) is 0 Å². The topological polar surface area (TPSA) is 90.7 Å². The molecule has 2 aromatic rings. The van der Waals surface area contributed by atoms with Crippen LogP contribution in [-0.4, -0.2) is 73.8 Å². The minimum Gasteiger partial charge on any atom is -0.390 e. The van der Waals surface area contributed by atoms with E-state index in [2.05, 4.69) is 22.2 Å². The smallest absolute Gasteiger partial charge is 0.248 e. The van der Waals surface area contributed by atoms with Gasteiger partial charge >= 0.3 is 0 Å². The number of carbonyl (C=O) groups is 2. The normalized spacial score (nSPS) is 20.2. The van der Waals surface area contributed by atoms with E-state index in [1.165, 1.54) is 0 Å². The predicted molar refractivity (Wildman–Crippen MR) is 154 cm³/mol. The van der Waals surface area contributed by atoms with E-state index in [1.807, 2.05) is 51.1 Å². The van der Waals surface area contributed by atoms with Crippen molar-refractivity contribution in [3.63, 3.8) is 0 Å². The molecule has 0 aliphatic carbocycles. The second-order valence-corrected chi connectivity index (χ2v) is 10.8. The lowest BCUT2D eigenvalue weighted by atomic mass is 9.80. The zero-order chi connectivity index (χ0) is 26.0. The SMILES string of the molecule is CCCCN1C(=O)[C@@H]([C@H](O)C(C)C)NC(=O)C12CCN(Cc1c(C)nn(-c3ccccc3)c1Cl)CC2.Cl.Cl. The van der Waals surface area contributed by atoms with E-state index in [9.17, 15) is 14.7 Å². The second kappa shape index (κ2) is 13.5. The van der Waals surface area contributed by atoms with Crippen LogP contribution in [0.1, 0.15) is 57.7 Å². The fourth-order valence-electron chi connectivity index (χ4n) is 5.35. The summed E-state index contributed by atoms with van der Waals surface area (Å²) in [5, 5.41) is 18.8. The number of amides is 2. The van der Waals surface area contributed by atoms with E-state index in [-0.39, 0.29) is 42.5 Å². The summed E-state index contributed by atoms with van der Waals surface area (Å²) in [6.45, 7) is 10.2. The maximum absolute atomic E-state index is 13.5. The second-order valence-electron chi connectivity index (χ2n) is 10.4. The number of hydrogen-bond acceptors (Lipinski definition) is 5. The fraction of sp³-hybridized carbons (Fsp3) is 0.593. The van der Waals surface area contributed by atoms with Crippen molar-refractivity contribution in [1.82, 2.24) is 24.9 Å². The van der Waals surface area contributed by atoms with Crippen LogP contribution in [0.2, 0.25) is 5.15 Å². The van der Waals surface area contributed by atoms with Crippen LogP contribution >= 0.6 is 36.4 Å². The lowest BCUT2D eigenvalue weighted by molar-refractivity contribution is -0.165. The summed E-state index contributed by atoms with van der Waals surface area (Å²) in [7, 11) is 0. The minimum atomic E-state index is -0.908. The van der Waals surface area contributed by atoms with Crippen molar-refractivity contribution in [3.05, 3.63) is 46.7 Å². The number of aryl methyl sites for hydroxylation is 1. The molecule has 2 aliphatic heterocycles. The molecule has 4 rings (SSSR count). The summed E-state index contributed by atoms with van der Waals surface area (Å²) in [6, 6.07) is 8.93. The molecule has 0 saturated carbocycles. The molecular weight excluding hydrogens is 549 g/mol. The number of likely N-dealkylation sites (tertiary alicyclic amines) is 1. The quantitative estimate of drug-likeness (QED) is 0.483. The third-order valence-corrected chi connectivity index (χ3v) is 8.09. The number of hydrogen-bond donors (Lipinski definition) is 2. The number of nitrogens with zero attached hydrogens (tertiary/aromatic N) is 4. The van der Waals surface area contributed by atoms with Crippen molar-refractivity contribution in [1.29, 1.82) is 0 Å². The Labute approximate surface area is 242 Å². The minimum absolute atomic E-state index is 0. The van der Waals surface area contributed by atoms with E-state index in [0.29, 0.717) is 44.2 Å². The number of carbonyl (C=O) groups excluding carboxylic acids is 2. The van der Waals surface area contributed by atoms with E-state index in [0.717, 1.165) is 29.8 Å². The first-order valence-electron chi connectivity index (χ1n) is 13.0. The molecule has 0 unspecified atom stereocenters. The van der Waals surface area contributed by atoms with Gasteiger partial charge in [0.15, 0.2) is 0 Å². The molecule has 1 spiro atoms. The standard InChI is InChI=1S/C27H38ClN5O3.2ClH/c1-5-6-14-32-25(35)22(23(34)18(2)3)29-26(36)27(32)12-15-31(16-13-27)17-21-19(4)30-33(24(21)28)20-10-8-7-9-11-20;;/h7-11,18,22-23,34H,5-6,12-17H2,1-4H3,(H,29,36);2*1H/t22-,23-;;/m1../s1. The summed E-state index contributed by atoms with van der Waals surface area (Å²) in [6.07, 6.45) is 1.93. The van der Waals surface area contributed by atoms with Crippen molar-refractivity contribution in [3.8, 4) is 5.69 Å². The monoisotopic (exact) mass is 587 g/mol. The average Bonchev–Trinajstić information content (AvgIpc) is 3.15. The lowest BCUT2D eigenvalue weighted by Gasteiger charge is -2.52. The number of nitrogens with one attached hydrogen (secondary N) is 1. The van der Waals surface area contributed by atoms with Gasteiger partial charge in [-0.3, -0.25) is 14.5 Å². The van der Waals surface area contributed by atoms with Gasteiger partial charge in [-0.1, -0.05) is 57.0 Å². The highest BCUT2D eigenvalue weighted by molar-refractivity contribution is 6.30. The zero-order valence-corrected chi connectivity index (χ0v) is 24.9. The van der Waals surface area contributed by atoms with Gasteiger partial charge < -0.3 is 15.3 Å². The van der Waals surface area contributed by atoms with Gasteiger partial charge in [0.05, 0.1) is 17.5 Å². The van der Waals surface area contributed by atoms with Crippen molar-refractivity contribution in [2.75, 3.05) is 19.6 Å². The molecule has 2 atom stereocenters. The largest absolute Gasteiger partial charge is 0.390 e. The highest BCUT2D eigenvalue weighted by Crippen LogP contribution is 2.35. The van der Waals surface area contributed by atoms with Gasteiger partial charge in [-0.05, 0) is 44.2 Å². The summed E-state index contributed by atoms with van der Waals surface area (Å²) in [5.74, 6) is -0.442. The van der Waals surface area contributed by atoms with Gasteiger partial charge in [0.25, 0.3) is 0 Å². The molecule has 8 nitrogen and oxygen atoms in total. The van der Waals surface area contributed by atoms with Gasteiger partial charge in [0.2, 0.25) is 11.8 Å². The van der Waals surface area contributed by atoms with Gasteiger partial charge in [0.1, 0.15) is 16.7 Å². The molecule has 1 aromatic heterocycles. The van der Waals surface area contributed by atoms with E-state index in [4.69, 9.17) is 11.6 Å². The first kappa shape index (κ1) is 32.4. The van der Waals surface area contributed by atoms with Gasteiger partial charge in [-0.15, -0.1) is 24.8 Å². The summed E-state index contributed by atoms with van der Waals surface area (Å²) < 4.78 is 1.76. The Morgan fingerprint density at radius 2 is 1.79 bits per heavy atom. The number of rotatable bonds is 8. The highest BCUT2D eigenvalue weighted by atomic mass is 35.5. The molecular formula is C27H40Cl3N5O3. The molecule has 2 aliphatic rings. The lowest BCUT2D eigenvalue weighted by Crippen LogP contribution is -2.74. The molecule has 1 aromatic carbocycles. The van der Waals surface area contributed by atoms with Crippen molar-refractivity contribution < 1.29 is 14.7 Å². The number of halogens is 3. The van der Waals surface area contributed by atoms with Crippen molar-refractivity contribution in [2.24, 2.45) is 5.92 Å². The molecule has 2 saturated heterocycles. The Hall–Kier alpha value is -1.84. The van der Waals surface area contributed by atoms with Crippen LogP contribution in [0, 0.1) is 12.8 Å². The van der Waals surface area contributed by atoms with Crippen LogP contribution in [0.5, 0.6) is 0 Å². The van der Waals surface area contributed by atoms with E-state index < -0.39 is 17.7 Å². The van der Waals surface area contributed by atoms with Crippen molar-refractivity contribution in [2.45, 2.75) is 77.6 Å². The molecule has 2 amide bonds. The van der Waals surface area contributed by atoms with E-state index in [1.54, 1.807) is 9.58 Å². The first-order chi connectivity index (χ1) is 17.2. The van der Waals surface area contributed by atoms with Gasteiger partial charge in [0, 0.05) is 31.7 Å². The van der Waals surface area contributed by atoms with Crippen LogP contribution in [0.25, 0.3) is 5.69 Å². The Morgan fingerprint density at radius 3 is 2.37 bits per heavy atom. The molecule has 11 heteroatoms. The van der Waals surface area contributed by atoms with Crippen LogP contribution in [0.4, 0.5) is 0 Å². The third kappa shape index (κ3) is 6.15. The van der Waals surface area contributed by atoms with Crippen LogP contribution in [0.15, 0.2) is 30.3 Å². The predicted octanol–water partition coefficient (Wildman–Crippen LogP) is 4.16. The number of aliphatic hydroxyl groups is 1. The number of aliphatic hydroxyl groups excluding tert-OH is 1. The maximum Gasteiger partial charge on any atom is 0.248 e.